The van der Waals surface area contributed by atoms with Crippen LogP contribution >= 0.6 is 11.8 Å². The number of thioether (sulfide) groups is 1. The summed E-state index contributed by atoms with van der Waals surface area (Å²) in [5, 5.41) is 9.61. The van der Waals surface area contributed by atoms with Crippen LogP contribution in [0.5, 0.6) is 0 Å². The van der Waals surface area contributed by atoms with Crippen molar-refractivity contribution in [3.8, 4) is 0 Å². The van der Waals surface area contributed by atoms with Crippen molar-refractivity contribution in [1.29, 1.82) is 0 Å². The van der Waals surface area contributed by atoms with Crippen LogP contribution in [0.15, 0.2) is 29.4 Å². The number of carbonyl (C=O) groups is 2. The third kappa shape index (κ3) is 5.90. The molecule has 0 atom stereocenters. The molecule has 8 heteroatoms. The van der Waals surface area contributed by atoms with Crippen LogP contribution in [0.25, 0.3) is 10.9 Å². The number of nitrogens with one attached hydrogen (secondary N) is 3. The van der Waals surface area contributed by atoms with E-state index in [4.69, 9.17) is 0 Å². The predicted molar refractivity (Wildman–Crippen MR) is 101 cm³/mol. The molecule has 2 aromatic rings. The Hall–Kier alpha value is -2.35. The number of carbonyl (C=O) groups excluding carboxylic acids is 2. The van der Waals surface area contributed by atoms with Crippen LogP contribution in [-0.2, 0) is 4.79 Å². The molecule has 134 valence electrons. The second-order valence-electron chi connectivity index (χ2n) is 6.44. The van der Waals surface area contributed by atoms with Gasteiger partial charge in [0.15, 0.2) is 5.16 Å². The van der Waals surface area contributed by atoms with Crippen LogP contribution in [-0.4, -0.2) is 39.7 Å². The number of benzene rings is 1. The zero-order valence-electron chi connectivity index (χ0n) is 14.8. The molecule has 0 aliphatic heterocycles. The van der Waals surface area contributed by atoms with Gasteiger partial charge in [-0.25, -0.2) is 14.8 Å². The van der Waals surface area contributed by atoms with Crippen molar-refractivity contribution < 1.29 is 9.59 Å². The molecule has 0 aliphatic carbocycles. The number of para-hydroxylation sites is 1. The fourth-order valence-corrected chi connectivity index (χ4v) is 2.74. The van der Waals surface area contributed by atoms with Crippen molar-refractivity contribution in [2.45, 2.75) is 38.4 Å². The molecule has 1 heterocycles. The van der Waals surface area contributed by atoms with E-state index in [0.29, 0.717) is 5.16 Å². The molecule has 3 N–H and O–H groups in total. The molecule has 0 saturated heterocycles. The second-order valence-corrected chi connectivity index (χ2v) is 7.39. The van der Waals surface area contributed by atoms with E-state index in [-0.39, 0.29) is 5.75 Å². The van der Waals surface area contributed by atoms with Crippen LogP contribution in [0.3, 0.4) is 0 Å². The molecule has 7 nitrogen and oxygen atoms in total. The lowest BCUT2D eigenvalue weighted by molar-refractivity contribution is -0.117. The van der Waals surface area contributed by atoms with Gasteiger partial charge in [-0.2, -0.15) is 0 Å². The molecule has 25 heavy (non-hydrogen) atoms. The third-order valence-corrected chi connectivity index (χ3v) is 3.85. The van der Waals surface area contributed by atoms with Gasteiger partial charge in [-0.05, 0) is 39.8 Å². The van der Waals surface area contributed by atoms with Gasteiger partial charge in [-0.15, -0.1) is 0 Å². The summed E-state index contributed by atoms with van der Waals surface area (Å²) >= 11 is 1.19. The van der Waals surface area contributed by atoms with E-state index in [2.05, 4.69) is 25.9 Å². The fourth-order valence-electron chi connectivity index (χ4n) is 2.09. The van der Waals surface area contributed by atoms with Gasteiger partial charge < -0.3 is 10.6 Å². The highest BCUT2D eigenvalue weighted by atomic mass is 32.2. The number of amides is 3. The summed E-state index contributed by atoms with van der Waals surface area (Å²) in [5.41, 5.74) is 0.404. The average molecular weight is 361 g/mol. The van der Waals surface area contributed by atoms with E-state index >= 15 is 0 Å². The fraction of sp³-hybridized carbons (Fsp3) is 0.412. The molecule has 3 amide bonds. The lowest BCUT2D eigenvalue weighted by atomic mass is 10.1. The number of rotatable bonds is 5. The monoisotopic (exact) mass is 361 g/mol. The quantitative estimate of drug-likeness (QED) is 0.560. The Bertz CT molecular complexity index is 773. The molecule has 0 saturated carbocycles. The number of nitrogens with zero attached hydrogens (tertiary/aromatic N) is 2. The number of anilines is 1. The molecule has 0 radical (unpaired) electrons. The summed E-state index contributed by atoms with van der Waals surface area (Å²) in [5.74, 6) is 0.400. The molecule has 2 rings (SSSR count). The van der Waals surface area contributed by atoms with Crippen LogP contribution in [0.2, 0.25) is 0 Å². The highest BCUT2D eigenvalue weighted by Gasteiger charge is 2.16. The van der Waals surface area contributed by atoms with E-state index in [1.54, 1.807) is 0 Å². The standard InChI is InChI=1S/C17H23N5O2S/c1-5-18-14-11-8-6-7-9-12(11)19-16(21-14)25-10-13(23)20-15(24)22-17(2,3)4/h6-9H,5,10H2,1-4H3,(H,18,19,21)(H2,20,22,23,24). The van der Waals surface area contributed by atoms with E-state index in [1.165, 1.54) is 11.8 Å². The number of fused-ring (bicyclic) bond motifs is 1. The van der Waals surface area contributed by atoms with Gasteiger partial charge >= 0.3 is 6.03 Å². The lowest BCUT2D eigenvalue weighted by Gasteiger charge is -2.20. The highest BCUT2D eigenvalue weighted by Crippen LogP contribution is 2.24. The number of urea groups is 1. The first kappa shape index (κ1) is 19.0. The molecule has 0 fully saturated rings. The summed E-state index contributed by atoms with van der Waals surface area (Å²) in [7, 11) is 0. The minimum atomic E-state index is -0.508. The maximum Gasteiger partial charge on any atom is 0.321 e. The zero-order valence-corrected chi connectivity index (χ0v) is 15.7. The minimum absolute atomic E-state index is 0.0570. The van der Waals surface area contributed by atoms with Crippen LogP contribution < -0.4 is 16.0 Å². The molecule has 0 unspecified atom stereocenters. The van der Waals surface area contributed by atoms with Crippen molar-refractivity contribution in [3.05, 3.63) is 24.3 Å². The summed E-state index contributed by atoms with van der Waals surface area (Å²) in [4.78, 5) is 32.5. The maximum atomic E-state index is 11.9. The summed E-state index contributed by atoms with van der Waals surface area (Å²) < 4.78 is 0. The predicted octanol–water partition coefficient (Wildman–Crippen LogP) is 2.78. The first-order valence-corrected chi connectivity index (χ1v) is 9.02. The molecule has 0 aliphatic rings. The zero-order chi connectivity index (χ0) is 18.4. The Labute approximate surface area is 151 Å². The smallest absolute Gasteiger partial charge is 0.321 e. The molecule has 1 aromatic heterocycles. The van der Waals surface area contributed by atoms with Gasteiger partial charge in [0.05, 0.1) is 11.3 Å². The third-order valence-electron chi connectivity index (χ3n) is 3.00. The first-order chi connectivity index (χ1) is 11.8. The van der Waals surface area contributed by atoms with E-state index in [0.717, 1.165) is 23.3 Å². The summed E-state index contributed by atoms with van der Waals surface area (Å²) in [6.07, 6.45) is 0. The van der Waals surface area contributed by atoms with Crippen molar-refractivity contribution >= 4 is 40.4 Å². The largest absolute Gasteiger partial charge is 0.370 e. The normalized spacial score (nSPS) is 11.2. The molecule has 0 bridgehead atoms. The van der Waals surface area contributed by atoms with E-state index < -0.39 is 17.5 Å². The Morgan fingerprint density at radius 2 is 1.88 bits per heavy atom. The molecule has 1 aromatic carbocycles. The second kappa shape index (κ2) is 8.15. The topological polar surface area (TPSA) is 96.0 Å². The van der Waals surface area contributed by atoms with Crippen molar-refractivity contribution in [1.82, 2.24) is 20.6 Å². The molecule has 0 spiro atoms. The Balaban J connectivity index is 2.03. The van der Waals surface area contributed by atoms with Gasteiger partial charge in [-0.1, -0.05) is 23.9 Å². The van der Waals surface area contributed by atoms with Gasteiger partial charge in [0.1, 0.15) is 5.82 Å². The number of imide groups is 1. The van der Waals surface area contributed by atoms with Gasteiger partial charge in [0, 0.05) is 17.5 Å². The number of hydrogen-bond donors (Lipinski definition) is 3. The van der Waals surface area contributed by atoms with Crippen LogP contribution in [0.1, 0.15) is 27.7 Å². The van der Waals surface area contributed by atoms with Crippen molar-refractivity contribution in [2.24, 2.45) is 0 Å². The Morgan fingerprint density at radius 1 is 1.16 bits per heavy atom. The Morgan fingerprint density at radius 3 is 2.56 bits per heavy atom. The van der Waals surface area contributed by atoms with Crippen LogP contribution in [0, 0.1) is 0 Å². The van der Waals surface area contributed by atoms with E-state index in [1.807, 2.05) is 52.0 Å². The Kier molecular flexibility index (Phi) is 6.19. The maximum absolute atomic E-state index is 11.9. The average Bonchev–Trinajstić information content (AvgIpc) is 2.51. The SMILES string of the molecule is CCNc1nc(SCC(=O)NC(=O)NC(C)(C)C)nc2ccccc12. The number of hydrogen-bond acceptors (Lipinski definition) is 6. The highest BCUT2D eigenvalue weighted by molar-refractivity contribution is 7.99. The minimum Gasteiger partial charge on any atom is -0.370 e. The first-order valence-electron chi connectivity index (χ1n) is 8.04. The van der Waals surface area contributed by atoms with E-state index in [9.17, 15) is 9.59 Å². The molecular weight excluding hydrogens is 338 g/mol. The van der Waals surface area contributed by atoms with Gasteiger partial charge in [-0.3, -0.25) is 10.1 Å². The van der Waals surface area contributed by atoms with Crippen molar-refractivity contribution in [2.75, 3.05) is 17.6 Å². The van der Waals surface area contributed by atoms with Crippen molar-refractivity contribution in [3.63, 3.8) is 0 Å². The summed E-state index contributed by atoms with van der Waals surface area (Å²) in [6.45, 7) is 8.26. The summed E-state index contributed by atoms with van der Waals surface area (Å²) in [6, 6.07) is 7.18. The molecular formula is C17H23N5O2S. The van der Waals surface area contributed by atoms with Crippen LogP contribution in [0.4, 0.5) is 10.6 Å². The van der Waals surface area contributed by atoms with Gasteiger partial charge in [0.2, 0.25) is 5.91 Å². The lowest BCUT2D eigenvalue weighted by Crippen LogP contribution is -2.48. The number of aromatic nitrogens is 2. The van der Waals surface area contributed by atoms with Gasteiger partial charge in [0.25, 0.3) is 0 Å².